The zero-order valence-electron chi connectivity index (χ0n) is 15.8. The molecule has 6 heteroatoms. The normalized spacial score (nSPS) is 17.6. The first-order valence-electron chi connectivity index (χ1n) is 9.87. The number of carbonyl (C=O) groups excluding carboxylic acids is 1. The van der Waals surface area contributed by atoms with Crippen LogP contribution >= 0.6 is 21.6 Å². The van der Waals surface area contributed by atoms with Gasteiger partial charge in [0.1, 0.15) is 11.9 Å². The quantitative estimate of drug-likeness (QED) is 0.380. The van der Waals surface area contributed by atoms with E-state index in [-0.39, 0.29) is 11.9 Å². The van der Waals surface area contributed by atoms with Gasteiger partial charge in [-0.05, 0) is 37.0 Å². The maximum atomic E-state index is 12.6. The van der Waals surface area contributed by atoms with Crippen LogP contribution in [0.1, 0.15) is 49.5 Å². The minimum Gasteiger partial charge on any atom is -0.342 e. The minimum atomic E-state index is -0.261. The van der Waals surface area contributed by atoms with Crippen LogP contribution in [0.5, 0.6) is 0 Å². The molecule has 2 atom stereocenters. The Bertz CT molecular complexity index is 873. The topological polar surface area (TPSA) is 57.8 Å². The number of aromatic nitrogens is 2. The zero-order chi connectivity index (χ0) is 19.2. The molecule has 3 aromatic rings. The highest BCUT2D eigenvalue weighted by Gasteiger charge is 2.20. The second-order valence-corrected chi connectivity index (χ2v) is 9.91. The van der Waals surface area contributed by atoms with Gasteiger partial charge in [-0.15, -0.1) is 0 Å². The Morgan fingerprint density at radius 1 is 1.14 bits per heavy atom. The van der Waals surface area contributed by atoms with Gasteiger partial charge < -0.3 is 10.3 Å². The van der Waals surface area contributed by atoms with E-state index in [4.69, 9.17) is 4.98 Å². The van der Waals surface area contributed by atoms with Gasteiger partial charge in [-0.2, -0.15) is 0 Å². The predicted octanol–water partition coefficient (Wildman–Crippen LogP) is 5.48. The van der Waals surface area contributed by atoms with Crippen molar-refractivity contribution in [2.75, 3.05) is 5.75 Å². The maximum Gasteiger partial charge on any atom is 0.220 e. The highest BCUT2D eigenvalue weighted by molar-refractivity contribution is 8.77. The molecule has 1 aliphatic rings. The fourth-order valence-electron chi connectivity index (χ4n) is 3.52. The molecule has 0 radical (unpaired) electrons. The first-order valence-corrected chi connectivity index (χ1v) is 12.2. The van der Waals surface area contributed by atoms with Crippen molar-refractivity contribution in [3.05, 3.63) is 66.0 Å². The molecular weight excluding hydrogens is 386 g/mol. The second kappa shape index (κ2) is 9.52. The molecule has 2 heterocycles. The number of benzene rings is 2. The lowest BCUT2D eigenvalue weighted by atomic mass is 10.1. The van der Waals surface area contributed by atoms with Crippen molar-refractivity contribution in [3.63, 3.8) is 0 Å². The zero-order valence-corrected chi connectivity index (χ0v) is 17.4. The first kappa shape index (κ1) is 19.4. The molecular formula is C22H25N3OS2. The van der Waals surface area contributed by atoms with E-state index >= 15 is 0 Å². The van der Waals surface area contributed by atoms with Crippen LogP contribution in [-0.2, 0) is 4.79 Å². The van der Waals surface area contributed by atoms with Crippen LogP contribution in [0.3, 0.4) is 0 Å². The first-order chi connectivity index (χ1) is 13.8. The van der Waals surface area contributed by atoms with Gasteiger partial charge in [0.25, 0.3) is 0 Å². The molecule has 4 rings (SSSR count). The van der Waals surface area contributed by atoms with Crippen LogP contribution < -0.4 is 5.32 Å². The smallest absolute Gasteiger partial charge is 0.220 e. The van der Waals surface area contributed by atoms with Gasteiger partial charge in [-0.3, -0.25) is 4.79 Å². The second-order valence-electron chi connectivity index (χ2n) is 7.13. The lowest BCUT2D eigenvalue weighted by Crippen LogP contribution is -2.29. The summed E-state index contributed by atoms with van der Waals surface area (Å²) in [7, 11) is 3.99. The van der Waals surface area contributed by atoms with E-state index in [1.807, 2.05) is 76.2 Å². The minimum absolute atomic E-state index is 0.0859. The molecule has 1 aromatic heterocycles. The molecule has 2 unspecified atom stereocenters. The number of nitrogens with one attached hydrogen (secondary N) is 2. The Morgan fingerprint density at radius 3 is 2.75 bits per heavy atom. The number of rotatable bonds is 8. The van der Waals surface area contributed by atoms with Gasteiger partial charge >= 0.3 is 0 Å². The van der Waals surface area contributed by atoms with Gasteiger partial charge in [0.15, 0.2) is 0 Å². The van der Waals surface area contributed by atoms with Crippen LogP contribution in [-0.4, -0.2) is 26.9 Å². The highest BCUT2D eigenvalue weighted by atomic mass is 33.1. The molecule has 146 valence electrons. The number of imidazole rings is 1. The highest BCUT2D eigenvalue weighted by Crippen LogP contribution is 2.39. The Balaban J connectivity index is 1.41. The predicted molar refractivity (Wildman–Crippen MR) is 119 cm³/mol. The van der Waals surface area contributed by atoms with Crippen molar-refractivity contribution < 1.29 is 4.79 Å². The van der Waals surface area contributed by atoms with Gasteiger partial charge in [-0.25, -0.2) is 4.98 Å². The van der Waals surface area contributed by atoms with Crippen LogP contribution in [0.25, 0.3) is 11.0 Å². The summed E-state index contributed by atoms with van der Waals surface area (Å²) < 4.78 is 0. The van der Waals surface area contributed by atoms with Crippen LogP contribution in [0.15, 0.2) is 54.6 Å². The fraction of sp³-hybridized carbons (Fsp3) is 0.364. The van der Waals surface area contributed by atoms with Crippen LogP contribution in [0, 0.1) is 0 Å². The maximum absolute atomic E-state index is 12.6. The fourth-order valence-corrected chi connectivity index (χ4v) is 6.55. The number of fused-ring (bicyclic) bond motifs is 1. The van der Waals surface area contributed by atoms with Crippen molar-refractivity contribution in [1.29, 1.82) is 0 Å². The van der Waals surface area contributed by atoms with Crippen LogP contribution in [0.2, 0.25) is 0 Å². The number of nitrogens with zero attached hydrogens (tertiary/aromatic N) is 1. The third kappa shape index (κ3) is 4.92. The van der Waals surface area contributed by atoms with E-state index in [0.29, 0.717) is 6.42 Å². The van der Waals surface area contributed by atoms with Gasteiger partial charge in [0.2, 0.25) is 5.91 Å². The lowest BCUT2D eigenvalue weighted by molar-refractivity contribution is -0.121. The SMILES string of the molecule is O=C(CCCCC1CCSS1)NC(c1ccccc1)c1nc2ccccc2[nH]1. The molecule has 28 heavy (non-hydrogen) atoms. The number of unbranched alkanes of at least 4 members (excludes halogenated alkanes) is 1. The van der Waals surface area contributed by atoms with Crippen molar-refractivity contribution in [2.45, 2.75) is 43.4 Å². The standard InChI is InChI=1S/C22H25N3OS2/c26-20(13-7-4-10-17-14-15-27-28-17)25-21(16-8-2-1-3-9-16)22-23-18-11-5-6-12-19(18)24-22/h1-3,5-6,8-9,11-12,17,21H,4,7,10,13-15H2,(H,23,24)(H,25,26). The summed E-state index contributed by atoms with van der Waals surface area (Å²) in [5.74, 6) is 2.13. The molecule has 1 amide bonds. The summed E-state index contributed by atoms with van der Waals surface area (Å²) in [5.41, 5.74) is 2.94. The van der Waals surface area contributed by atoms with Gasteiger partial charge in [-0.1, -0.05) is 70.5 Å². The third-order valence-corrected chi connectivity index (χ3v) is 8.03. The average Bonchev–Trinajstić information content (AvgIpc) is 3.39. The Kier molecular flexibility index (Phi) is 6.60. The molecule has 4 nitrogen and oxygen atoms in total. The number of carbonyl (C=O) groups is 1. The largest absolute Gasteiger partial charge is 0.342 e. The average molecular weight is 412 g/mol. The summed E-state index contributed by atoms with van der Waals surface area (Å²) in [6.07, 6.45) is 5.15. The Morgan fingerprint density at radius 2 is 1.96 bits per heavy atom. The Hall–Kier alpha value is -1.92. The molecule has 0 aliphatic carbocycles. The summed E-state index contributed by atoms with van der Waals surface area (Å²) in [6.45, 7) is 0. The van der Waals surface area contributed by atoms with E-state index in [9.17, 15) is 4.79 Å². The summed E-state index contributed by atoms with van der Waals surface area (Å²) in [6, 6.07) is 17.7. The van der Waals surface area contributed by atoms with Gasteiger partial charge in [0.05, 0.1) is 11.0 Å². The number of aromatic amines is 1. The van der Waals surface area contributed by atoms with Crippen molar-refractivity contribution in [1.82, 2.24) is 15.3 Å². The third-order valence-electron chi connectivity index (χ3n) is 5.03. The van der Waals surface area contributed by atoms with E-state index < -0.39 is 0 Å². The summed E-state index contributed by atoms with van der Waals surface area (Å²) >= 11 is 0. The Labute approximate surface area is 173 Å². The van der Waals surface area contributed by atoms with E-state index in [1.54, 1.807) is 0 Å². The van der Waals surface area contributed by atoms with Crippen molar-refractivity contribution in [2.24, 2.45) is 0 Å². The van der Waals surface area contributed by atoms with E-state index in [0.717, 1.165) is 40.5 Å². The molecule has 0 bridgehead atoms. The number of hydrogen-bond acceptors (Lipinski definition) is 4. The van der Waals surface area contributed by atoms with E-state index in [1.165, 1.54) is 18.6 Å². The number of amides is 1. The molecule has 2 N–H and O–H groups in total. The van der Waals surface area contributed by atoms with Gasteiger partial charge in [0, 0.05) is 17.4 Å². The number of para-hydroxylation sites is 2. The van der Waals surface area contributed by atoms with Crippen LogP contribution in [0.4, 0.5) is 0 Å². The number of H-pyrrole nitrogens is 1. The molecule has 0 saturated carbocycles. The molecule has 1 aliphatic heterocycles. The molecule has 2 aromatic carbocycles. The van der Waals surface area contributed by atoms with E-state index in [2.05, 4.69) is 10.3 Å². The monoisotopic (exact) mass is 411 g/mol. The lowest BCUT2D eigenvalue weighted by Gasteiger charge is -2.17. The summed E-state index contributed by atoms with van der Waals surface area (Å²) in [4.78, 5) is 20.7. The molecule has 0 spiro atoms. The molecule has 1 saturated heterocycles. The summed E-state index contributed by atoms with van der Waals surface area (Å²) in [5, 5.41) is 3.98. The van der Waals surface area contributed by atoms with Crippen molar-refractivity contribution in [3.8, 4) is 0 Å². The molecule has 1 fully saturated rings. The van der Waals surface area contributed by atoms with Crippen molar-refractivity contribution >= 4 is 38.5 Å². The number of hydrogen-bond donors (Lipinski definition) is 2.